The largest absolute Gasteiger partial charge is 0.382 e. The van der Waals surface area contributed by atoms with Crippen molar-refractivity contribution in [3.8, 4) is 0 Å². The first-order valence-corrected chi connectivity index (χ1v) is 11.2. The van der Waals surface area contributed by atoms with Gasteiger partial charge in [0.2, 0.25) is 5.91 Å². The average Bonchev–Trinajstić information content (AvgIpc) is 3.13. The summed E-state index contributed by atoms with van der Waals surface area (Å²) in [6, 6.07) is 15.4. The second-order valence-electron chi connectivity index (χ2n) is 7.73. The Morgan fingerprint density at radius 2 is 1.84 bits per heavy atom. The SMILES string of the molecule is CCOCCCNC(=O)Cn1c(CCCNC(=O)c2cccc(C)c2)nc2ccccc21. The number of carbonyl (C=O) groups excluding carboxylic acids is 2. The average molecular weight is 437 g/mol. The van der Waals surface area contributed by atoms with E-state index in [0.29, 0.717) is 38.3 Å². The minimum atomic E-state index is -0.0753. The van der Waals surface area contributed by atoms with Crippen molar-refractivity contribution in [1.29, 1.82) is 0 Å². The molecule has 7 nitrogen and oxygen atoms in total. The third-order valence-electron chi connectivity index (χ3n) is 5.17. The minimum absolute atomic E-state index is 0.0429. The van der Waals surface area contributed by atoms with Gasteiger partial charge in [0.15, 0.2) is 0 Å². The van der Waals surface area contributed by atoms with Crippen LogP contribution in [0.15, 0.2) is 48.5 Å². The number of rotatable bonds is 12. The number of carbonyl (C=O) groups is 2. The lowest BCUT2D eigenvalue weighted by Crippen LogP contribution is -2.29. The Labute approximate surface area is 189 Å². The lowest BCUT2D eigenvalue weighted by molar-refractivity contribution is -0.121. The highest BCUT2D eigenvalue weighted by atomic mass is 16.5. The number of nitrogens with zero attached hydrogens (tertiary/aromatic N) is 2. The topological polar surface area (TPSA) is 85.2 Å². The molecule has 0 saturated heterocycles. The number of amides is 2. The molecule has 0 aliphatic rings. The van der Waals surface area contributed by atoms with E-state index >= 15 is 0 Å². The van der Waals surface area contributed by atoms with E-state index in [1.807, 2.05) is 66.9 Å². The molecule has 0 unspecified atom stereocenters. The summed E-state index contributed by atoms with van der Waals surface area (Å²) < 4.78 is 7.28. The van der Waals surface area contributed by atoms with E-state index in [-0.39, 0.29) is 18.4 Å². The molecule has 3 aromatic rings. The maximum absolute atomic E-state index is 12.5. The molecule has 0 radical (unpaired) electrons. The van der Waals surface area contributed by atoms with Gasteiger partial charge in [0.05, 0.1) is 11.0 Å². The Hall–Kier alpha value is -3.19. The van der Waals surface area contributed by atoms with Gasteiger partial charge < -0.3 is 19.9 Å². The van der Waals surface area contributed by atoms with E-state index in [2.05, 4.69) is 10.6 Å². The van der Waals surface area contributed by atoms with E-state index in [1.165, 1.54) is 0 Å². The quantitative estimate of drug-likeness (QED) is 0.427. The van der Waals surface area contributed by atoms with E-state index in [1.54, 1.807) is 0 Å². The zero-order valence-corrected chi connectivity index (χ0v) is 18.9. The van der Waals surface area contributed by atoms with Gasteiger partial charge in [-0.05, 0) is 51.0 Å². The number of para-hydroxylation sites is 2. The molecular formula is C25H32N4O3. The smallest absolute Gasteiger partial charge is 0.251 e. The van der Waals surface area contributed by atoms with Crippen molar-refractivity contribution >= 4 is 22.8 Å². The van der Waals surface area contributed by atoms with E-state index in [4.69, 9.17) is 9.72 Å². The van der Waals surface area contributed by atoms with Gasteiger partial charge in [-0.25, -0.2) is 4.98 Å². The van der Waals surface area contributed by atoms with Gasteiger partial charge >= 0.3 is 0 Å². The van der Waals surface area contributed by atoms with Crippen LogP contribution in [0.1, 0.15) is 41.5 Å². The number of imidazole rings is 1. The molecule has 2 aromatic carbocycles. The summed E-state index contributed by atoms with van der Waals surface area (Å²) in [6.07, 6.45) is 2.19. The zero-order valence-electron chi connectivity index (χ0n) is 18.9. The lowest BCUT2D eigenvalue weighted by atomic mass is 10.1. The van der Waals surface area contributed by atoms with Gasteiger partial charge in [-0.15, -0.1) is 0 Å². The first kappa shape index (κ1) is 23.5. The van der Waals surface area contributed by atoms with E-state index in [9.17, 15) is 9.59 Å². The van der Waals surface area contributed by atoms with Gasteiger partial charge in [0.25, 0.3) is 5.91 Å². The van der Waals surface area contributed by atoms with Gasteiger partial charge in [-0.3, -0.25) is 9.59 Å². The zero-order chi connectivity index (χ0) is 22.8. The van der Waals surface area contributed by atoms with E-state index in [0.717, 1.165) is 35.3 Å². The van der Waals surface area contributed by atoms with Crippen LogP contribution in [0.5, 0.6) is 0 Å². The number of aryl methyl sites for hydroxylation is 2. The number of aromatic nitrogens is 2. The van der Waals surface area contributed by atoms with Gasteiger partial charge in [0.1, 0.15) is 12.4 Å². The van der Waals surface area contributed by atoms with Crippen molar-refractivity contribution in [2.45, 2.75) is 39.7 Å². The number of fused-ring (bicyclic) bond motifs is 1. The Kier molecular flexibility index (Phi) is 8.80. The third-order valence-corrected chi connectivity index (χ3v) is 5.17. The predicted molar refractivity (Wildman–Crippen MR) is 126 cm³/mol. The summed E-state index contributed by atoms with van der Waals surface area (Å²) in [7, 11) is 0. The highest BCUT2D eigenvalue weighted by Gasteiger charge is 2.13. The van der Waals surface area contributed by atoms with Crippen LogP contribution in [0.2, 0.25) is 0 Å². The van der Waals surface area contributed by atoms with Gasteiger partial charge in [0, 0.05) is 38.3 Å². The van der Waals surface area contributed by atoms with Crippen molar-refractivity contribution in [1.82, 2.24) is 20.2 Å². The van der Waals surface area contributed by atoms with Crippen LogP contribution >= 0.6 is 0 Å². The molecule has 0 atom stereocenters. The normalized spacial score (nSPS) is 10.9. The van der Waals surface area contributed by atoms with Crippen molar-refractivity contribution in [2.24, 2.45) is 0 Å². The summed E-state index contributed by atoms with van der Waals surface area (Å²) in [6.45, 7) is 6.61. The Morgan fingerprint density at radius 1 is 1.03 bits per heavy atom. The number of ether oxygens (including phenoxy) is 1. The molecule has 170 valence electrons. The Balaban J connectivity index is 1.56. The monoisotopic (exact) mass is 436 g/mol. The van der Waals surface area contributed by atoms with Crippen LogP contribution in [-0.4, -0.2) is 47.7 Å². The first-order valence-electron chi connectivity index (χ1n) is 11.2. The maximum atomic E-state index is 12.5. The van der Waals surface area contributed by atoms with Crippen LogP contribution in [0.25, 0.3) is 11.0 Å². The summed E-state index contributed by atoms with van der Waals surface area (Å²) in [5, 5.41) is 5.92. The molecule has 0 bridgehead atoms. The second-order valence-corrected chi connectivity index (χ2v) is 7.73. The molecular weight excluding hydrogens is 404 g/mol. The fourth-order valence-corrected chi connectivity index (χ4v) is 3.58. The number of hydrogen-bond donors (Lipinski definition) is 2. The van der Waals surface area contributed by atoms with Crippen LogP contribution in [0, 0.1) is 6.92 Å². The number of benzene rings is 2. The maximum Gasteiger partial charge on any atom is 0.251 e. The van der Waals surface area contributed by atoms with Crippen molar-refractivity contribution in [2.75, 3.05) is 26.3 Å². The third kappa shape index (κ3) is 6.65. The van der Waals surface area contributed by atoms with Crippen molar-refractivity contribution in [3.63, 3.8) is 0 Å². The summed E-state index contributed by atoms with van der Waals surface area (Å²) in [4.78, 5) is 29.5. The number of nitrogens with one attached hydrogen (secondary N) is 2. The molecule has 32 heavy (non-hydrogen) atoms. The molecule has 2 N–H and O–H groups in total. The molecule has 1 aromatic heterocycles. The molecule has 0 aliphatic heterocycles. The standard InChI is InChI=1S/C25H32N4O3/c1-3-32-16-8-15-26-24(30)18-29-22-12-5-4-11-21(22)28-23(29)13-7-14-27-25(31)20-10-6-9-19(2)17-20/h4-6,9-12,17H,3,7-8,13-16,18H2,1-2H3,(H,26,30)(H,27,31). The van der Waals surface area contributed by atoms with Crippen LogP contribution in [0.3, 0.4) is 0 Å². The van der Waals surface area contributed by atoms with Crippen LogP contribution in [-0.2, 0) is 22.5 Å². The fourth-order valence-electron chi connectivity index (χ4n) is 3.58. The predicted octanol–water partition coefficient (Wildman–Crippen LogP) is 3.25. The van der Waals surface area contributed by atoms with Gasteiger partial charge in [-0.2, -0.15) is 0 Å². The molecule has 0 saturated carbocycles. The Morgan fingerprint density at radius 3 is 2.66 bits per heavy atom. The summed E-state index contributed by atoms with van der Waals surface area (Å²) in [5.41, 5.74) is 3.53. The highest BCUT2D eigenvalue weighted by molar-refractivity contribution is 5.94. The molecule has 3 rings (SSSR count). The summed E-state index contributed by atoms with van der Waals surface area (Å²) >= 11 is 0. The van der Waals surface area contributed by atoms with Crippen LogP contribution in [0.4, 0.5) is 0 Å². The fraction of sp³-hybridized carbons (Fsp3) is 0.400. The lowest BCUT2D eigenvalue weighted by Gasteiger charge is -2.11. The van der Waals surface area contributed by atoms with Crippen LogP contribution < -0.4 is 10.6 Å². The van der Waals surface area contributed by atoms with E-state index < -0.39 is 0 Å². The Bertz CT molecular complexity index is 1040. The second kappa shape index (κ2) is 12.0. The van der Waals surface area contributed by atoms with Gasteiger partial charge in [-0.1, -0.05) is 29.8 Å². The van der Waals surface area contributed by atoms with Crippen molar-refractivity contribution < 1.29 is 14.3 Å². The minimum Gasteiger partial charge on any atom is -0.382 e. The molecule has 0 spiro atoms. The molecule has 0 aliphatic carbocycles. The molecule has 2 amide bonds. The molecule has 0 fully saturated rings. The molecule has 1 heterocycles. The summed E-state index contributed by atoms with van der Waals surface area (Å²) in [5.74, 6) is 0.729. The van der Waals surface area contributed by atoms with Crippen molar-refractivity contribution in [3.05, 3.63) is 65.5 Å². The number of hydrogen-bond acceptors (Lipinski definition) is 4. The highest BCUT2D eigenvalue weighted by Crippen LogP contribution is 2.17. The first-order chi connectivity index (χ1) is 15.6. The molecule has 7 heteroatoms.